The van der Waals surface area contributed by atoms with Gasteiger partial charge in [0.25, 0.3) is 0 Å². The average Bonchev–Trinajstić information content (AvgIpc) is 2.95. The Balaban J connectivity index is 1.20. The second-order valence-corrected chi connectivity index (χ2v) is 8.53. The van der Waals surface area contributed by atoms with E-state index in [-0.39, 0.29) is 16.9 Å². The summed E-state index contributed by atoms with van der Waals surface area (Å²) in [6.45, 7) is 0. The predicted molar refractivity (Wildman–Crippen MR) is 143 cm³/mol. The molecular weight excluding hydrogens is 464 g/mol. The van der Waals surface area contributed by atoms with Crippen LogP contribution in [0, 0.1) is 0 Å². The minimum Gasteiger partial charge on any atom is -0.460 e. The molecule has 0 bridgehead atoms. The lowest BCUT2D eigenvalue weighted by Gasteiger charge is -2.08. The first-order valence-corrected chi connectivity index (χ1v) is 11.7. The van der Waals surface area contributed by atoms with E-state index in [0.29, 0.717) is 22.3 Å². The van der Waals surface area contributed by atoms with Crippen LogP contribution in [0.2, 0.25) is 0 Å². The number of rotatable bonds is 5. The summed E-state index contributed by atoms with van der Waals surface area (Å²) in [6, 6.07) is 35.3. The van der Waals surface area contributed by atoms with Crippen LogP contribution in [-0.2, 0) is 0 Å². The summed E-state index contributed by atoms with van der Waals surface area (Å²) in [7, 11) is 0. The molecule has 37 heavy (non-hydrogen) atoms. The van der Waals surface area contributed by atoms with Gasteiger partial charge >= 0.3 is 5.97 Å². The summed E-state index contributed by atoms with van der Waals surface area (Å²) in [5.74, 6) is 0.383. The zero-order valence-corrected chi connectivity index (χ0v) is 19.6. The first kappa shape index (κ1) is 22.3. The van der Waals surface area contributed by atoms with Crippen molar-refractivity contribution in [2.75, 3.05) is 0 Å². The summed E-state index contributed by atoms with van der Waals surface area (Å²) in [6.07, 6.45) is 1.27. The molecule has 5 heteroatoms. The van der Waals surface area contributed by atoms with Crippen molar-refractivity contribution in [3.63, 3.8) is 0 Å². The smallest absolute Gasteiger partial charge is 0.343 e. The van der Waals surface area contributed by atoms with Gasteiger partial charge < -0.3 is 13.9 Å². The molecule has 0 saturated heterocycles. The SMILES string of the molecule is O=C(Oc1ccc2c(=O)c(Oc3ccc4ccccc4c3)coc2c1)c1ccc(-c2ccccc2)cc1. The Labute approximate surface area is 212 Å². The number of carbonyl (C=O) groups excluding carboxylic acids is 1. The normalized spacial score (nSPS) is 10.9. The standard InChI is InChI=1S/C32H20O5/c33-31-28-17-16-27(37-32(34)24-12-10-23(11-13-24)21-6-2-1-3-7-21)19-29(28)35-20-30(31)36-26-15-14-22-8-4-5-9-25(22)18-26/h1-20H. The van der Waals surface area contributed by atoms with Crippen LogP contribution in [0.15, 0.2) is 131 Å². The topological polar surface area (TPSA) is 65.7 Å². The highest BCUT2D eigenvalue weighted by Gasteiger charge is 2.13. The molecular formula is C32H20O5. The number of hydrogen-bond acceptors (Lipinski definition) is 5. The summed E-state index contributed by atoms with van der Waals surface area (Å²) in [5, 5.41) is 2.41. The highest BCUT2D eigenvalue weighted by atomic mass is 16.5. The van der Waals surface area contributed by atoms with Gasteiger partial charge in [0, 0.05) is 6.07 Å². The zero-order valence-electron chi connectivity index (χ0n) is 19.6. The Kier molecular flexibility index (Phi) is 5.71. The average molecular weight is 485 g/mol. The van der Waals surface area contributed by atoms with Crippen LogP contribution in [0.25, 0.3) is 32.9 Å². The molecule has 0 unspecified atom stereocenters. The van der Waals surface area contributed by atoms with E-state index in [0.717, 1.165) is 21.9 Å². The molecule has 178 valence electrons. The highest BCUT2D eigenvalue weighted by Crippen LogP contribution is 2.27. The van der Waals surface area contributed by atoms with Crippen molar-refractivity contribution >= 4 is 27.7 Å². The van der Waals surface area contributed by atoms with Crippen LogP contribution in [-0.4, -0.2) is 5.97 Å². The van der Waals surface area contributed by atoms with Crippen LogP contribution in [0.4, 0.5) is 0 Å². The van der Waals surface area contributed by atoms with Gasteiger partial charge in [-0.05, 0) is 58.3 Å². The predicted octanol–water partition coefficient (Wildman–Crippen LogP) is 7.62. The fourth-order valence-corrected chi connectivity index (χ4v) is 4.18. The van der Waals surface area contributed by atoms with Crippen LogP contribution >= 0.6 is 0 Å². The van der Waals surface area contributed by atoms with Gasteiger partial charge in [-0.15, -0.1) is 0 Å². The summed E-state index contributed by atoms with van der Waals surface area (Å²) >= 11 is 0. The lowest BCUT2D eigenvalue weighted by molar-refractivity contribution is 0.0735. The van der Waals surface area contributed by atoms with E-state index in [4.69, 9.17) is 13.9 Å². The van der Waals surface area contributed by atoms with E-state index in [1.54, 1.807) is 30.3 Å². The lowest BCUT2D eigenvalue weighted by atomic mass is 10.0. The maximum atomic E-state index is 13.0. The highest BCUT2D eigenvalue weighted by molar-refractivity contribution is 5.92. The maximum Gasteiger partial charge on any atom is 0.343 e. The number of benzene rings is 5. The molecule has 5 aromatic carbocycles. The van der Waals surface area contributed by atoms with Gasteiger partial charge in [0.15, 0.2) is 0 Å². The van der Waals surface area contributed by atoms with E-state index in [9.17, 15) is 9.59 Å². The fraction of sp³-hybridized carbons (Fsp3) is 0. The molecule has 0 amide bonds. The van der Waals surface area contributed by atoms with Crippen LogP contribution in [0.1, 0.15) is 10.4 Å². The molecule has 0 N–H and O–H groups in total. The van der Waals surface area contributed by atoms with Gasteiger partial charge in [-0.25, -0.2) is 4.79 Å². The van der Waals surface area contributed by atoms with Crippen LogP contribution in [0.5, 0.6) is 17.2 Å². The van der Waals surface area contributed by atoms with Gasteiger partial charge in [0.05, 0.1) is 10.9 Å². The fourth-order valence-electron chi connectivity index (χ4n) is 4.18. The van der Waals surface area contributed by atoms with Gasteiger partial charge in [0.2, 0.25) is 11.2 Å². The summed E-state index contributed by atoms with van der Waals surface area (Å²) < 4.78 is 17.0. The molecule has 0 fully saturated rings. The molecule has 6 aromatic rings. The minimum atomic E-state index is -0.502. The van der Waals surface area contributed by atoms with Crippen LogP contribution in [0.3, 0.4) is 0 Å². The molecule has 0 radical (unpaired) electrons. The molecule has 0 spiro atoms. The molecule has 0 aliphatic carbocycles. The number of ether oxygens (including phenoxy) is 2. The third-order valence-corrected chi connectivity index (χ3v) is 6.10. The minimum absolute atomic E-state index is 0.0750. The van der Waals surface area contributed by atoms with Crippen molar-refractivity contribution in [3.8, 4) is 28.4 Å². The van der Waals surface area contributed by atoms with E-state index in [1.165, 1.54) is 12.3 Å². The van der Waals surface area contributed by atoms with Gasteiger partial charge in [-0.3, -0.25) is 4.79 Å². The van der Waals surface area contributed by atoms with Crippen molar-refractivity contribution < 1.29 is 18.7 Å². The van der Waals surface area contributed by atoms with E-state index in [2.05, 4.69) is 0 Å². The van der Waals surface area contributed by atoms with E-state index >= 15 is 0 Å². The second-order valence-electron chi connectivity index (χ2n) is 8.53. The van der Waals surface area contributed by atoms with Crippen LogP contribution < -0.4 is 14.9 Å². The summed E-state index contributed by atoms with van der Waals surface area (Å²) in [5.41, 5.74) is 2.46. The number of hydrogen-bond donors (Lipinski definition) is 0. The molecule has 1 aromatic heterocycles. The Hall–Kier alpha value is -5.16. The number of esters is 1. The largest absolute Gasteiger partial charge is 0.460 e. The Bertz CT molecular complexity index is 1800. The van der Waals surface area contributed by atoms with E-state index in [1.807, 2.05) is 78.9 Å². The molecule has 0 atom stereocenters. The zero-order chi connectivity index (χ0) is 25.2. The van der Waals surface area contributed by atoms with Crippen molar-refractivity contribution in [2.45, 2.75) is 0 Å². The monoisotopic (exact) mass is 484 g/mol. The third-order valence-electron chi connectivity index (χ3n) is 6.10. The molecule has 6 rings (SSSR count). The third kappa shape index (κ3) is 4.58. The van der Waals surface area contributed by atoms with Crippen molar-refractivity contribution in [1.29, 1.82) is 0 Å². The van der Waals surface area contributed by atoms with Crippen molar-refractivity contribution in [3.05, 3.63) is 137 Å². The molecule has 0 aliphatic rings. The molecule has 5 nitrogen and oxygen atoms in total. The van der Waals surface area contributed by atoms with Crippen molar-refractivity contribution in [2.24, 2.45) is 0 Å². The first-order valence-electron chi connectivity index (χ1n) is 11.7. The maximum absolute atomic E-state index is 13.0. The van der Waals surface area contributed by atoms with Gasteiger partial charge in [-0.2, -0.15) is 0 Å². The lowest BCUT2D eigenvalue weighted by Crippen LogP contribution is -2.09. The quantitative estimate of drug-likeness (QED) is 0.186. The Morgan fingerprint density at radius 2 is 1.35 bits per heavy atom. The number of carbonyl (C=O) groups is 1. The summed E-state index contributed by atoms with van der Waals surface area (Å²) in [4.78, 5) is 25.7. The number of fused-ring (bicyclic) bond motifs is 2. The molecule has 0 aliphatic heterocycles. The second kappa shape index (κ2) is 9.47. The molecule has 1 heterocycles. The van der Waals surface area contributed by atoms with Gasteiger partial charge in [-0.1, -0.05) is 72.8 Å². The van der Waals surface area contributed by atoms with E-state index < -0.39 is 5.97 Å². The molecule has 0 saturated carbocycles. The Morgan fingerprint density at radius 3 is 2.16 bits per heavy atom. The van der Waals surface area contributed by atoms with Crippen molar-refractivity contribution in [1.82, 2.24) is 0 Å². The first-order chi connectivity index (χ1) is 18.1. The Morgan fingerprint density at radius 1 is 0.649 bits per heavy atom. The van der Waals surface area contributed by atoms with Gasteiger partial charge in [0.1, 0.15) is 23.3 Å².